The van der Waals surface area contributed by atoms with E-state index < -0.39 is 5.97 Å². The van der Waals surface area contributed by atoms with Crippen LogP contribution in [0, 0.1) is 19.3 Å². The molecule has 0 saturated carbocycles. The maximum absolute atomic E-state index is 11.8. The first-order valence-electron chi connectivity index (χ1n) is 12.3. The molecule has 1 aliphatic heterocycles. The van der Waals surface area contributed by atoms with Gasteiger partial charge in [0.05, 0.1) is 18.7 Å². The third-order valence-electron chi connectivity index (χ3n) is 6.94. The molecule has 4 rings (SSSR count). The minimum Gasteiger partial charge on any atom is -0.493 e. The van der Waals surface area contributed by atoms with Crippen LogP contribution >= 0.6 is 0 Å². The summed E-state index contributed by atoms with van der Waals surface area (Å²) in [4.78, 5) is 23.1. The van der Waals surface area contributed by atoms with E-state index in [-0.39, 0.29) is 6.42 Å². The highest BCUT2D eigenvalue weighted by Crippen LogP contribution is 2.41. The van der Waals surface area contributed by atoms with Crippen LogP contribution in [0.3, 0.4) is 0 Å². The first-order valence-corrected chi connectivity index (χ1v) is 12.3. The molecule has 0 aliphatic carbocycles. The predicted octanol–water partition coefficient (Wildman–Crippen LogP) is 5.64. The van der Waals surface area contributed by atoms with E-state index >= 15 is 0 Å². The fraction of sp³-hybridized carbons (Fsp3) is 0.414. The summed E-state index contributed by atoms with van der Waals surface area (Å²) < 4.78 is 5.96. The van der Waals surface area contributed by atoms with Crippen molar-refractivity contribution in [3.05, 3.63) is 71.3 Å². The van der Waals surface area contributed by atoms with Crippen LogP contribution in [0.1, 0.15) is 49.2 Å². The summed E-state index contributed by atoms with van der Waals surface area (Å²) in [5, 5.41) is 9.66. The van der Waals surface area contributed by atoms with E-state index in [1.807, 2.05) is 44.3 Å². The molecule has 0 bridgehead atoms. The number of aryl methyl sites for hydroxylation is 2. The molecule has 184 valence electrons. The van der Waals surface area contributed by atoms with Gasteiger partial charge in [-0.25, -0.2) is 0 Å². The van der Waals surface area contributed by atoms with Crippen LogP contribution in [-0.4, -0.2) is 40.7 Å². The molecule has 1 aliphatic rings. The van der Waals surface area contributed by atoms with Gasteiger partial charge in [-0.3, -0.25) is 14.8 Å². The number of nitrogens with zero attached hydrogens (tertiary/aromatic N) is 3. The molecule has 6 heteroatoms. The Hall–Kier alpha value is -3.41. The summed E-state index contributed by atoms with van der Waals surface area (Å²) in [7, 11) is 0. The number of hydrogen-bond acceptors (Lipinski definition) is 5. The van der Waals surface area contributed by atoms with Gasteiger partial charge in [-0.2, -0.15) is 0 Å². The second kappa shape index (κ2) is 10.5. The molecule has 3 aromatic rings. The molecule has 2 aromatic heterocycles. The number of benzene rings is 1. The predicted molar refractivity (Wildman–Crippen MR) is 139 cm³/mol. The molecule has 6 nitrogen and oxygen atoms in total. The number of ether oxygens (including phenoxy) is 1. The van der Waals surface area contributed by atoms with Gasteiger partial charge in [0, 0.05) is 54.4 Å². The van der Waals surface area contributed by atoms with Crippen molar-refractivity contribution in [1.29, 1.82) is 0 Å². The van der Waals surface area contributed by atoms with Crippen LogP contribution in [0.25, 0.3) is 11.1 Å². The summed E-state index contributed by atoms with van der Waals surface area (Å²) in [6, 6.07) is 12.1. The number of hydrogen-bond donors (Lipinski definition) is 1. The van der Waals surface area contributed by atoms with Crippen molar-refractivity contribution in [2.24, 2.45) is 5.41 Å². The fourth-order valence-electron chi connectivity index (χ4n) is 4.81. The fourth-order valence-corrected chi connectivity index (χ4v) is 4.81. The molecule has 0 amide bonds. The zero-order valence-electron chi connectivity index (χ0n) is 21.2. The van der Waals surface area contributed by atoms with Gasteiger partial charge in [0.1, 0.15) is 5.75 Å². The summed E-state index contributed by atoms with van der Waals surface area (Å²) in [5.74, 6) is -0.0250. The van der Waals surface area contributed by atoms with Crippen molar-refractivity contribution in [2.75, 3.05) is 24.6 Å². The lowest BCUT2D eigenvalue weighted by molar-refractivity contribution is -0.136. The number of aliphatic carboxylic acids is 1. The molecule has 35 heavy (non-hydrogen) atoms. The third-order valence-corrected chi connectivity index (χ3v) is 6.94. The van der Waals surface area contributed by atoms with Gasteiger partial charge in [-0.05, 0) is 61.4 Å². The quantitative estimate of drug-likeness (QED) is 0.457. The molecule has 0 radical (unpaired) electrons. The number of anilines is 1. The Balaban J connectivity index is 1.63. The highest BCUT2D eigenvalue weighted by Gasteiger charge is 2.30. The third kappa shape index (κ3) is 5.99. The molecule has 0 spiro atoms. The summed E-state index contributed by atoms with van der Waals surface area (Å²) in [5.41, 5.74) is 7.05. The highest BCUT2D eigenvalue weighted by molar-refractivity contribution is 5.86. The van der Waals surface area contributed by atoms with Gasteiger partial charge in [0.25, 0.3) is 0 Å². The van der Waals surface area contributed by atoms with Crippen LogP contribution in [-0.2, 0) is 17.6 Å². The number of aromatic nitrogens is 2. The summed E-state index contributed by atoms with van der Waals surface area (Å²) in [6.07, 6.45) is 6.54. The normalized spacial score (nSPS) is 15.1. The molecule has 1 fully saturated rings. The van der Waals surface area contributed by atoms with E-state index in [1.54, 1.807) is 6.20 Å². The second-order valence-corrected chi connectivity index (χ2v) is 10.2. The minimum absolute atomic E-state index is 0.0309. The van der Waals surface area contributed by atoms with Crippen molar-refractivity contribution < 1.29 is 14.6 Å². The smallest absolute Gasteiger partial charge is 0.307 e. The number of carboxylic acid groups (broad SMARTS) is 1. The van der Waals surface area contributed by atoms with Gasteiger partial charge >= 0.3 is 5.97 Å². The Kier molecular flexibility index (Phi) is 7.39. The van der Waals surface area contributed by atoms with Gasteiger partial charge in [-0.15, -0.1) is 0 Å². The van der Waals surface area contributed by atoms with E-state index in [0.717, 1.165) is 77.4 Å². The van der Waals surface area contributed by atoms with E-state index in [2.05, 4.69) is 35.9 Å². The summed E-state index contributed by atoms with van der Waals surface area (Å²) in [6.45, 7) is 10.9. The minimum atomic E-state index is -0.833. The topological polar surface area (TPSA) is 75.6 Å². The molecule has 3 heterocycles. The summed E-state index contributed by atoms with van der Waals surface area (Å²) >= 11 is 0. The van der Waals surface area contributed by atoms with Crippen LogP contribution in [0.2, 0.25) is 0 Å². The van der Waals surface area contributed by atoms with Crippen molar-refractivity contribution in [1.82, 2.24) is 9.97 Å². The number of pyridine rings is 2. The van der Waals surface area contributed by atoms with Gasteiger partial charge in [0.15, 0.2) is 0 Å². The molecule has 1 N–H and O–H groups in total. The zero-order valence-corrected chi connectivity index (χ0v) is 21.2. The van der Waals surface area contributed by atoms with Crippen LogP contribution in [0.5, 0.6) is 5.75 Å². The molecular weight excluding hydrogens is 438 g/mol. The number of piperidine rings is 1. The zero-order chi connectivity index (χ0) is 25.0. The van der Waals surface area contributed by atoms with Crippen molar-refractivity contribution >= 4 is 11.7 Å². The number of rotatable bonds is 8. The van der Waals surface area contributed by atoms with Crippen molar-refractivity contribution in [3.63, 3.8) is 0 Å². The SMILES string of the molecule is Cc1nc(C)c(-c2ccc(OCCc3cccnc3)cc2)c(N2CCC(C)(C)CC2)c1CC(=O)O. The number of carboxylic acids is 1. The second-order valence-electron chi connectivity index (χ2n) is 10.2. The highest BCUT2D eigenvalue weighted by atomic mass is 16.5. The van der Waals surface area contributed by atoms with Crippen molar-refractivity contribution in [3.8, 4) is 16.9 Å². The van der Waals surface area contributed by atoms with E-state index in [9.17, 15) is 9.90 Å². The van der Waals surface area contributed by atoms with Crippen molar-refractivity contribution in [2.45, 2.75) is 53.4 Å². The lowest BCUT2D eigenvalue weighted by Gasteiger charge is -2.40. The first-order chi connectivity index (χ1) is 16.7. The maximum atomic E-state index is 11.8. The molecule has 1 saturated heterocycles. The Morgan fingerprint density at radius 1 is 1.09 bits per heavy atom. The van der Waals surface area contributed by atoms with Crippen LogP contribution < -0.4 is 9.64 Å². The van der Waals surface area contributed by atoms with Gasteiger partial charge < -0.3 is 14.7 Å². The molecule has 0 atom stereocenters. The van der Waals surface area contributed by atoms with Crippen LogP contribution in [0.4, 0.5) is 5.69 Å². The Morgan fingerprint density at radius 3 is 2.43 bits per heavy atom. The average Bonchev–Trinajstić information content (AvgIpc) is 2.82. The lowest BCUT2D eigenvalue weighted by Crippen LogP contribution is -2.38. The Bertz CT molecular complexity index is 1160. The monoisotopic (exact) mass is 473 g/mol. The maximum Gasteiger partial charge on any atom is 0.307 e. The van der Waals surface area contributed by atoms with E-state index in [1.165, 1.54) is 0 Å². The molecular formula is C29H35N3O3. The van der Waals surface area contributed by atoms with E-state index in [0.29, 0.717) is 12.0 Å². The number of carbonyl (C=O) groups is 1. The van der Waals surface area contributed by atoms with Gasteiger partial charge in [0.2, 0.25) is 0 Å². The largest absolute Gasteiger partial charge is 0.493 e. The molecule has 1 aromatic carbocycles. The average molecular weight is 474 g/mol. The van der Waals surface area contributed by atoms with E-state index in [4.69, 9.17) is 9.72 Å². The Labute approximate surface area is 208 Å². The molecule has 0 unspecified atom stereocenters. The van der Waals surface area contributed by atoms with Crippen LogP contribution in [0.15, 0.2) is 48.8 Å². The lowest BCUT2D eigenvalue weighted by atomic mass is 9.82. The first kappa shape index (κ1) is 24.7. The Morgan fingerprint density at radius 2 is 1.80 bits per heavy atom. The van der Waals surface area contributed by atoms with Gasteiger partial charge in [-0.1, -0.05) is 32.0 Å². The standard InChI is InChI=1S/C29H35N3O3/c1-20-25(18-26(33)34)28(32-15-12-29(3,4)13-16-32)27(21(2)31-20)23-7-9-24(10-8-23)35-17-11-22-6-5-14-30-19-22/h5-10,14,19H,11-13,15-18H2,1-4H3,(H,33,34).